The standard InChI is InChI=1S/C13H16N4/c1-8(2)11-15-12(17-13(14)16-11)10-6-4-9(3)5-7-10/h4-8H,1-3H3,(H2,14,15,16,17). The Morgan fingerprint density at radius 3 is 2.24 bits per heavy atom. The van der Waals surface area contributed by atoms with E-state index >= 15 is 0 Å². The molecule has 1 aromatic heterocycles. The molecule has 0 spiro atoms. The molecule has 4 nitrogen and oxygen atoms in total. The predicted molar refractivity (Wildman–Crippen MR) is 68.5 cm³/mol. The van der Waals surface area contributed by atoms with E-state index in [9.17, 15) is 0 Å². The summed E-state index contributed by atoms with van der Waals surface area (Å²) >= 11 is 0. The van der Waals surface area contributed by atoms with E-state index in [4.69, 9.17) is 5.73 Å². The molecular weight excluding hydrogens is 212 g/mol. The fourth-order valence-corrected chi connectivity index (χ4v) is 1.50. The Kier molecular flexibility index (Phi) is 3.04. The highest BCUT2D eigenvalue weighted by Gasteiger charge is 2.09. The molecule has 0 aliphatic heterocycles. The van der Waals surface area contributed by atoms with Crippen molar-refractivity contribution in [1.29, 1.82) is 0 Å². The van der Waals surface area contributed by atoms with Crippen molar-refractivity contribution in [2.45, 2.75) is 26.7 Å². The van der Waals surface area contributed by atoms with E-state index in [1.54, 1.807) is 0 Å². The summed E-state index contributed by atoms with van der Waals surface area (Å²) in [4.78, 5) is 12.7. The van der Waals surface area contributed by atoms with Gasteiger partial charge in [-0.05, 0) is 6.92 Å². The first-order valence-corrected chi connectivity index (χ1v) is 5.65. The Morgan fingerprint density at radius 1 is 1.00 bits per heavy atom. The SMILES string of the molecule is Cc1ccc(-c2nc(N)nc(C(C)C)n2)cc1. The lowest BCUT2D eigenvalue weighted by atomic mass is 10.1. The van der Waals surface area contributed by atoms with Gasteiger partial charge in [0.05, 0.1) is 0 Å². The molecule has 0 fully saturated rings. The summed E-state index contributed by atoms with van der Waals surface area (Å²) < 4.78 is 0. The van der Waals surface area contributed by atoms with E-state index in [0.29, 0.717) is 5.82 Å². The summed E-state index contributed by atoms with van der Waals surface area (Å²) in [7, 11) is 0. The molecule has 1 aromatic carbocycles. The van der Waals surface area contributed by atoms with Crippen LogP contribution >= 0.6 is 0 Å². The van der Waals surface area contributed by atoms with Gasteiger partial charge in [-0.2, -0.15) is 9.97 Å². The number of aryl methyl sites for hydroxylation is 1. The van der Waals surface area contributed by atoms with Crippen LogP contribution in [0, 0.1) is 6.92 Å². The number of anilines is 1. The third-order valence-electron chi connectivity index (χ3n) is 2.50. The Hall–Kier alpha value is -1.97. The fourth-order valence-electron chi connectivity index (χ4n) is 1.50. The van der Waals surface area contributed by atoms with Crippen molar-refractivity contribution in [2.24, 2.45) is 0 Å². The maximum absolute atomic E-state index is 5.70. The maximum Gasteiger partial charge on any atom is 0.223 e. The molecule has 0 amide bonds. The van der Waals surface area contributed by atoms with Crippen molar-refractivity contribution in [3.05, 3.63) is 35.7 Å². The van der Waals surface area contributed by atoms with Gasteiger partial charge in [0.15, 0.2) is 5.82 Å². The number of aromatic nitrogens is 3. The second-order valence-electron chi connectivity index (χ2n) is 4.40. The molecule has 0 bridgehead atoms. The molecule has 4 heteroatoms. The van der Waals surface area contributed by atoms with Crippen LogP contribution in [0.25, 0.3) is 11.4 Å². The lowest BCUT2D eigenvalue weighted by molar-refractivity contribution is 0.767. The number of hydrogen-bond donors (Lipinski definition) is 1. The Bertz CT molecular complexity index is 517. The molecule has 2 aromatic rings. The summed E-state index contributed by atoms with van der Waals surface area (Å²) in [6, 6.07) is 8.05. The van der Waals surface area contributed by atoms with E-state index in [2.05, 4.69) is 15.0 Å². The molecule has 0 saturated carbocycles. The van der Waals surface area contributed by atoms with Crippen molar-refractivity contribution in [3.63, 3.8) is 0 Å². The van der Waals surface area contributed by atoms with Crippen molar-refractivity contribution in [3.8, 4) is 11.4 Å². The molecule has 88 valence electrons. The van der Waals surface area contributed by atoms with Crippen LogP contribution in [0.4, 0.5) is 5.95 Å². The maximum atomic E-state index is 5.70. The molecule has 1 heterocycles. The monoisotopic (exact) mass is 228 g/mol. The van der Waals surface area contributed by atoms with E-state index < -0.39 is 0 Å². The minimum atomic E-state index is 0.240. The first-order valence-electron chi connectivity index (χ1n) is 5.65. The molecule has 0 atom stereocenters. The zero-order valence-corrected chi connectivity index (χ0v) is 10.3. The zero-order chi connectivity index (χ0) is 12.4. The highest BCUT2D eigenvalue weighted by atomic mass is 15.1. The minimum absolute atomic E-state index is 0.240. The topological polar surface area (TPSA) is 64.7 Å². The summed E-state index contributed by atoms with van der Waals surface area (Å²) in [5.41, 5.74) is 7.87. The lowest BCUT2D eigenvalue weighted by Gasteiger charge is -2.07. The third-order valence-corrected chi connectivity index (χ3v) is 2.50. The van der Waals surface area contributed by atoms with Gasteiger partial charge >= 0.3 is 0 Å². The van der Waals surface area contributed by atoms with Crippen LogP contribution in [0.1, 0.15) is 31.2 Å². The summed E-state index contributed by atoms with van der Waals surface area (Å²) in [6.45, 7) is 6.12. The van der Waals surface area contributed by atoms with Crippen molar-refractivity contribution in [2.75, 3.05) is 5.73 Å². The quantitative estimate of drug-likeness (QED) is 0.857. The number of rotatable bonds is 2. The van der Waals surface area contributed by atoms with Crippen LogP contribution in [0.2, 0.25) is 0 Å². The first kappa shape index (κ1) is 11.5. The van der Waals surface area contributed by atoms with E-state index in [-0.39, 0.29) is 11.9 Å². The fraction of sp³-hybridized carbons (Fsp3) is 0.308. The predicted octanol–water partition coefficient (Wildman–Crippen LogP) is 2.55. The van der Waals surface area contributed by atoms with Crippen molar-refractivity contribution in [1.82, 2.24) is 15.0 Å². The van der Waals surface area contributed by atoms with Crippen LogP contribution in [0.3, 0.4) is 0 Å². The molecule has 0 radical (unpaired) electrons. The summed E-state index contributed by atoms with van der Waals surface area (Å²) in [6.07, 6.45) is 0. The van der Waals surface area contributed by atoms with Crippen LogP contribution in [-0.4, -0.2) is 15.0 Å². The number of hydrogen-bond acceptors (Lipinski definition) is 4. The van der Waals surface area contributed by atoms with E-state index in [0.717, 1.165) is 11.4 Å². The molecule has 0 saturated heterocycles. The molecule has 2 N–H and O–H groups in total. The molecule has 2 rings (SSSR count). The first-order chi connectivity index (χ1) is 8.06. The average Bonchev–Trinajstić information content (AvgIpc) is 2.29. The van der Waals surface area contributed by atoms with Crippen LogP contribution < -0.4 is 5.73 Å². The third kappa shape index (κ3) is 2.58. The van der Waals surface area contributed by atoms with Gasteiger partial charge in [-0.1, -0.05) is 43.7 Å². The molecule has 17 heavy (non-hydrogen) atoms. The molecule has 0 unspecified atom stereocenters. The van der Waals surface area contributed by atoms with Crippen molar-refractivity contribution >= 4 is 5.95 Å². The van der Waals surface area contributed by atoms with Gasteiger partial charge in [-0.15, -0.1) is 0 Å². The zero-order valence-electron chi connectivity index (χ0n) is 10.3. The number of nitrogen functional groups attached to an aromatic ring is 1. The Morgan fingerprint density at radius 2 is 1.65 bits per heavy atom. The Balaban J connectivity index is 2.48. The number of nitrogens with two attached hydrogens (primary N) is 1. The number of benzene rings is 1. The highest BCUT2D eigenvalue weighted by molar-refractivity contribution is 5.56. The van der Waals surface area contributed by atoms with E-state index in [1.165, 1.54) is 5.56 Å². The minimum Gasteiger partial charge on any atom is -0.368 e. The average molecular weight is 228 g/mol. The second-order valence-corrected chi connectivity index (χ2v) is 4.40. The molecule has 0 aliphatic carbocycles. The second kappa shape index (κ2) is 4.49. The smallest absolute Gasteiger partial charge is 0.223 e. The van der Waals surface area contributed by atoms with Crippen LogP contribution in [0.15, 0.2) is 24.3 Å². The van der Waals surface area contributed by atoms with Gasteiger partial charge in [-0.3, -0.25) is 0 Å². The van der Waals surface area contributed by atoms with Gasteiger partial charge in [-0.25, -0.2) is 4.98 Å². The highest BCUT2D eigenvalue weighted by Crippen LogP contribution is 2.18. The largest absolute Gasteiger partial charge is 0.368 e. The van der Waals surface area contributed by atoms with Gasteiger partial charge in [0.25, 0.3) is 0 Å². The van der Waals surface area contributed by atoms with Gasteiger partial charge in [0, 0.05) is 11.5 Å². The van der Waals surface area contributed by atoms with Gasteiger partial charge in [0.2, 0.25) is 5.95 Å². The summed E-state index contributed by atoms with van der Waals surface area (Å²) in [5.74, 6) is 1.89. The van der Waals surface area contributed by atoms with Gasteiger partial charge < -0.3 is 5.73 Å². The van der Waals surface area contributed by atoms with E-state index in [1.807, 2.05) is 45.0 Å². The van der Waals surface area contributed by atoms with Crippen LogP contribution in [0.5, 0.6) is 0 Å². The van der Waals surface area contributed by atoms with Gasteiger partial charge in [0.1, 0.15) is 5.82 Å². The normalized spacial score (nSPS) is 10.8. The lowest BCUT2D eigenvalue weighted by Crippen LogP contribution is -2.06. The summed E-state index contributed by atoms with van der Waals surface area (Å²) in [5, 5.41) is 0. The Labute approximate surface area is 101 Å². The molecular formula is C13H16N4. The van der Waals surface area contributed by atoms with Crippen molar-refractivity contribution < 1.29 is 0 Å². The molecule has 0 aliphatic rings. The van der Waals surface area contributed by atoms with Crippen LogP contribution in [-0.2, 0) is 0 Å². The number of nitrogens with zero attached hydrogens (tertiary/aromatic N) is 3.